The summed E-state index contributed by atoms with van der Waals surface area (Å²) in [5, 5.41) is 6.19. The summed E-state index contributed by atoms with van der Waals surface area (Å²) in [4.78, 5) is 21.2. The smallest absolute Gasteiger partial charge is 0.251 e. The van der Waals surface area contributed by atoms with Crippen LogP contribution in [0.4, 0.5) is 11.5 Å². The number of amides is 1. The number of hydrogen-bond donors (Lipinski definition) is 2. The molecule has 2 aromatic carbocycles. The van der Waals surface area contributed by atoms with Crippen molar-refractivity contribution in [1.29, 1.82) is 0 Å². The highest BCUT2D eigenvalue weighted by atomic mass is 16.1. The van der Waals surface area contributed by atoms with Crippen LogP contribution in [0.2, 0.25) is 0 Å². The van der Waals surface area contributed by atoms with Gasteiger partial charge in [0, 0.05) is 29.6 Å². The van der Waals surface area contributed by atoms with Crippen LogP contribution < -0.4 is 10.6 Å². The van der Waals surface area contributed by atoms with Crippen molar-refractivity contribution in [2.24, 2.45) is 0 Å². The summed E-state index contributed by atoms with van der Waals surface area (Å²) >= 11 is 0. The first-order chi connectivity index (χ1) is 13.2. The van der Waals surface area contributed by atoms with Gasteiger partial charge in [0.05, 0.1) is 0 Å². The Balaban J connectivity index is 1.74. The number of carbonyl (C=O) groups excluding carboxylic acids is 1. The molecule has 0 fully saturated rings. The third-order valence-electron chi connectivity index (χ3n) is 4.18. The molecular formula is C22H24N4O. The van der Waals surface area contributed by atoms with Crippen LogP contribution in [0.5, 0.6) is 0 Å². The van der Waals surface area contributed by atoms with Crippen LogP contribution in [0.25, 0.3) is 11.4 Å². The van der Waals surface area contributed by atoms with Gasteiger partial charge >= 0.3 is 0 Å². The minimum absolute atomic E-state index is 0.0601. The molecule has 0 aliphatic rings. The summed E-state index contributed by atoms with van der Waals surface area (Å²) in [5.41, 5.74) is 3.60. The molecule has 0 spiro atoms. The fourth-order valence-corrected chi connectivity index (χ4v) is 2.64. The number of carbonyl (C=O) groups is 1. The number of aryl methyl sites for hydroxylation is 1. The van der Waals surface area contributed by atoms with Crippen LogP contribution in [-0.2, 0) is 0 Å². The standard InChI is InChI=1S/C22H24N4O/c1-3-4-13-24-22(27)18-6-5-7-19(15-18)25-20-12-14-23-21(26-20)17-10-8-16(2)9-11-17/h5-12,14-15H,3-4,13H2,1-2H3,(H,24,27)(H,23,25,26). The monoisotopic (exact) mass is 360 g/mol. The molecule has 1 heterocycles. The Bertz CT molecular complexity index is 906. The quantitative estimate of drug-likeness (QED) is 0.598. The number of nitrogens with one attached hydrogen (secondary N) is 2. The molecular weight excluding hydrogens is 336 g/mol. The highest BCUT2D eigenvalue weighted by Crippen LogP contribution is 2.20. The van der Waals surface area contributed by atoms with E-state index in [1.54, 1.807) is 6.20 Å². The van der Waals surface area contributed by atoms with Gasteiger partial charge in [-0.3, -0.25) is 4.79 Å². The molecule has 3 aromatic rings. The Kier molecular flexibility index (Phi) is 6.15. The molecule has 2 N–H and O–H groups in total. The van der Waals surface area contributed by atoms with Gasteiger partial charge in [0.25, 0.3) is 5.91 Å². The zero-order valence-electron chi connectivity index (χ0n) is 15.7. The lowest BCUT2D eigenvalue weighted by Crippen LogP contribution is -2.24. The molecule has 1 aromatic heterocycles. The Morgan fingerprint density at radius 2 is 1.89 bits per heavy atom. The van der Waals surface area contributed by atoms with Gasteiger partial charge in [0.2, 0.25) is 0 Å². The second-order valence-corrected chi connectivity index (χ2v) is 6.45. The summed E-state index contributed by atoms with van der Waals surface area (Å²) in [5.74, 6) is 1.28. The molecule has 0 atom stereocenters. The lowest BCUT2D eigenvalue weighted by molar-refractivity contribution is 0.0953. The second-order valence-electron chi connectivity index (χ2n) is 6.45. The maximum atomic E-state index is 12.2. The van der Waals surface area contributed by atoms with Crippen molar-refractivity contribution in [1.82, 2.24) is 15.3 Å². The Morgan fingerprint density at radius 3 is 2.67 bits per heavy atom. The molecule has 0 saturated heterocycles. The van der Waals surface area contributed by atoms with E-state index >= 15 is 0 Å². The predicted octanol–water partition coefficient (Wildman–Crippen LogP) is 4.73. The Labute approximate surface area is 159 Å². The first kappa shape index (κ1) is 18.6. The van der Waals surface area contributed by atoms with E-state index in [2.05, 4.69) is 27.5 Å². The van der Waals surface area contributed by atoms with E-state index in [0.717, 1.165) is 24.1 Å². The van der Waals surface area contributed by atoms with Gasteiger partial charge in [0.15, 0.2) is 5.82 Å². The first-order valence-electron chi connectivity index (χ1n) is 9.21. The number of hydrogen-bond acceptors (Lipinski definition) is 4. The van der Waals surface area contributed by atoms with Crippen LogP contribution >= 0.6 is 0 Å². The van der Waals surface area contributed by atoms with Crippen LogP contribution in [-0.4, -0.2) is 22.4 Å². The van der Waals surface area contributed by atoms with Crippen LogP contribution in [0.15, 0.2) is 60.8 Å². The molecule has 0 unspecified atom stereocenters. The van der Waals surface area contributed by atoms with Crippen molar-refractivity contribution in [3.05, 3.63) is 71.9 Å². The number of anilines is 2. The summed E-state index contributed by atoms with van der Waals surface area (Å²) in [6.45, 7) is 4.84. The van der Waals surface area contributed by atoms with Crippen LogP contribution in [0, 0.1) is 6.92 Å². The summed E-state index contributed by atoms with van der Waals surface area (Å²) in [7, 11) is 0. The van der Waals surface area contributed by atoms with Gasteiger partial charge in [0.1, 0.15) is 5.82 Å². The van der Waals surface area contributed by atoms with Gasteiger partial charge in [-0.05, 0) is 37.6 Å². The average Bonchev–Trinajstić information content (AvgIpc) is 2.69. The molecule has 0 radical (unpaired) electrons. The lowest BCUT2D eigenvalue weighted by atomic mass is 10.1. The van der Waals surface area contributed by atoms with Crippen LogP contribution in [0.3, 0.4) is 0 Å². The van der Waals surface area contributed by atoms with Crippen molar-refractivity contribution < 1.29 is 4.79 Å². The molecule has 5 heteroatoms. The van der Waals surface area contributed by atoms with Crippen LogP contribution in [0.1, 0.15) is 35.7 Å². The van der Waals surface area contributed by atoms with Gasteiger partial charge in [-0.2, -0.15) is 0 Å². The van der Waals surface area contributed by atoms with Crippen molar-refractivity contribution >= 4 is 17.4 Å². The van der Waals surface area contributed by atoms with E-state index in [9.17, 15) is 4.79 Å². The van der Waals surface area contributed by atoms with E-state index in [1.807, 2.05) is 61.5 Å². The number of benzene rings is 2. The molecule has 5 nitrogen and oxygen atoms in total. The maximum Gasteiger partial charge on any atom is 0.251 e. The van der Waals surface area contributed by atoms with E-state index in [1.165, 1.54) is 5.56 Å². The van der Waals surface area contributed by atoms with E-state index in [0.29, 0.717) is 23.8 Å². The molecule has 3 rings (SSSR count). The van der Waals surface area contributed by atoms with Gasteiger partial charge in [-0.25, -0.2) is 9.97 Å². The maximum absolute atomic E-state index is 12.2. The minimum Gasteiger partial charge on any atom is -0.352 e. The van der Waals surface area contributed by atoms with Crippen molar-refractivity contribution in [3.63, 3.8) is 0 Å². The van der Waals surface area contributed by atoms with E-state index in [4.69, 9.17) is 0 Å². The van der Waals surface area contributed by atoms with E-state index < -0.39 is 0 Å². The highest BCUT2D eigenvalue weighted by Gasteiger charge is 2.07. The Hall–Kier alpha value is -3.21. The number of unbranched alkanes of at least 4 members (excludes halogenated alkanes) is 1. The SMILES string of the molecule is CCCCNC(=O)c1cccc(Nc2ccnc(-c3ccc(C)cc3)n2)c1. The fourth-order valence-electron chi connectivity index (χ4n) is 2.64. The van der Waals surface area contributed by atoms with Gasteiger partial charge < -0.3 is 10.6 Å². The number of nitrogens with zero attached hydrogens (tertiary/aromatic N) is 2. The number of aromatic nitrogens is 2. The number of rotatable bonds is 7. The fraction of sp³-hybridized carbons (Fsp3) is 0.227. The third-order valence-corrected chi connectivity index (χ3v) is 4.18. The molecule has 0 bridgehead atoms. The van der Waals surface area contributed by atoms with Gasteiger partial charge in [-0.1, -0.05) is 49.2 Å². The lowest BCUT2D eigenvalue weighted by Gasteiger charge is -2.09. The minimum atomic E-state index is -0.0601. The summed E-state index contributed by atoms with van der Waals surface area (Å²) in [6.07, 6.45) is 3.76. The topological polar surface area (TPSA) is 66.9 Å². The summed E-state index contributed by atoms with van der Waals surface area (Å²) < 4.78 is 0. The largest absolute Gasteiger partial charge is 0.352 e. The zero-order chi connectivity index (χ0) is 19.1. The van der Waals surface area contributed by atoms with Crippen molar-refractivity contribution in [2.45, 2.75) is 26.7 Å². The van der Waals surface area contributed by atoms with E-state index in [-0.39, 0.29) is 5.91 Å². The molecule has 1 amide bonds. The zero-order valence-corrected chi connectivity index (χ0v) is 15.7. The molecule has 0 aliphatic heterocycles. The highest BCUT2D eigenvalue weighted by molar-refractivity contribution is 5.95. The molecule has 138 valence electrons. The van der Waals surface area contributed by atoms with Crippen molar-refractivity contribution in [2.75, 3.05) is 11.9 Å². The Morgan fingerprint density at radius 1 is 1.07 bits per heavy atom. The molecule has 0 saturated carbocycles. The summed E-state index contributed by atoms with van der Waals surface area (Å²) in [6, 6.07) is 17.3. The average molecular weight is 360 g/mol. The third kappa shape index (κ3) is 5.14. The normalized spacial score (nSPS) is 10.4. The van der Waals surface area contributed by atoms with Crippen molar-refractivity contribution in [3.8, 4) is 11.4 Å². The molecule has 0 aliphatic carbocycles. The second kappa shape index (κ2) is 8.94. The predicted molar refractivity (Wildman–Crippen MR) is 109 cm³/mol. The van der Waals surface area contributed by atoms with Gasteiger partial charge in [-0.15, -0.1) is 0 Å². The molecule has 27 heavy (non-hydrogen) atoms. The first-order valence-corrected chi connectivity index (χ1v) is 9.21.